The minimum absolute atomic E-state index is 0.268. The molecule has 0 aromatic heterocycles. The smallest absolute Gasteiger partial charge is 0.123 e. The van der Waals surface area contributed by atoms with Gasteiger partial charge in [-0.25, -0.2) is 0 Å². The second-order valence-corrected chi connectivity index (χ2v) is 4.78. The Bertz CT molecular complexity index is 368. The van der Waals surface area contributed by atoms with Crippen LogP contribution in [0.15, 0.2) is 18.2 Å². The van der Waals surface area contributed by atoms with E-state index >= 15 is 0 Å². The highest BCUT2D eigenvalue weighted by atomic mass is 16.5. The summed E-state index contributed by atoms with van der Waals surface area (Å²) in [6.07, 6.45) is 2.10. The summed E-state index contributed by atoms with van der Waals surface area (Å²) in [5, 5.41) is 12.3. The van der Waals surface area contributed by atoms with Crippen LogP contribution in [0, 0.1) is 5.92 Å². The molecule has 0 spiro atoms. The maximum atomic E-state index is 8.94. The minimum Gasteiger partial charge on any atom is -0.497 e. The summed E-state index contributed by atoms with van der Waals surface area (Å²) in [7, 11) is 3.34. The molecule has 4 nitrogen and oxygen atoms in total. The van der Waals surface area contributed by atoms with Gasteiger partial charge >= 0.3 is 0 Å². The van der Waals surface area contributed by atoms with Crippen LogP contribution in [0.5, 0.6) is 11.5 Å². The van der Waals surface area contributed by atoms with Gasteiger partial charge in [0.15, 0.2) is 0 Å². The SMILES string of the molecule is COc1ccc(OC)c(CNCCCC(C)CO)c1. The molecule has 1 rings (SSSR count). The standard InChI is InChI=1S/C15H25NO3/c1-12(11-17)5-4-8-16-10-13-9-14(18-2)6-7-15(13)19-3/h6-7,9,12,16-17H,4-5,8,10-11H2,1-3H3. The van der Waals surface area contributed by atoms with E-state index in [9.17, 15) is 0 Å². The second-order valence-electron chi connectivity index (χ2n) is 4.78. The number of hydrogen-bond donors (Lipinski definition) is 2. The van der Waals surface area contributed by atoms with Crippen molar-refractivity contribution in [2.24, 2.45) is 5.92 Å². The monoisotopic (exact) mass is 267 g/mol. The van der Waals surface area contributed by atoms with Crippen molar-refractivity contribution < 1.29 is 14.6 Å². The summed E-state index contributed by atoms with van der Waals surface area (Å²) < 4.78 is 10.5. The molecule has 0 aliphatic rings. The summed E-state index contributed by atoms with van der Waals surface area (Å²) in [6.45, 7) is 4.02. The molecule has 1 atom stereocenters. The molecule has 0 aliphatic heterocycles. The lowest BCUT2D eigenvalue weighted by atomic mass is 10.1. The molecule has 0 aliphatic carbocycles. The molecule has 0 radical (unpaired) electrons. The fourth-order valence-electron chi connectivity index (χ4n) is 1.91. The van der Waals surface area contributed by atoms with E-state index in [2.05, 4.69) is 12.2 Å². The van der Waals surface area contributed by atoms with E-state index < -0.39 is 0 Å². The topological polar surface area (TPSA) is 50.7 Å². The summed E-state index contributed by atoms with van der Waals surface area (Å²) in [5.41, 5.74) is 1.09. The van der Waals surface area contributed by atoms with Crippen molar-refractivity contribution in [2.75, 3.05) is 27.4 Å². The summed E-state index contributed by atoms with van der Waals surface area (Å²) in [6, 6.07) is 5.80. The lowest BCUT2D eigenvalue weighted by Gasteiger charge is -2.12. The van der Waals surface area contributed by atoms with E-state index in [-0.39, 0.29) is 6.61 Å². The van der Waals surface area contributed by atoms with E-state index in [0.717, 1.165) is 43.0 Å². The van der Waals surface area contributed by atoms with Crippen molar-refractivity contribution in [3.63, 3.8) is 0 Å². The first-order valence-corrected chi connectivity index (χ1v) is 6.73. The first-order valence-electron chi connectivity index (χ1n) is 6.73. The Morgan fingerprint density at radius 2 is 2.05 bits per heavy atom. The van der Waals surface area contributed by atoms with Gasteiger partial charge in [0.25, 0.3) is 0 Å². The van der Waals surface area contributed by atoms with E-state index in [1.165, 1.54) is 0 Å². The Kier molecular flexibility index (Phi) is 7.30. The molecule has 4 heteroatoms. The molecule has 1 aromatic carbocycles. The number of rotatable bonds is 9. The predicted molar refractivity (Wildman–Crippen MR) is 76.7 cm³/mol. The van der Waals surface area contributed by atoms with Crippen molar-refractivity contribution in [1.29, 1.82) is 0 Å². The average molecular weight is 267 g/mol. The van der Waals surface area contributed by atoms with E-state index in [0.29, 0.717) is 5.92 Å². The molecule has 1 unspecified atom stereocenters. The molecule has 0 saturated heterocycles. The van der Waals surface area contributed by atoms with Crippen LogP contribution in [0.2, 0.25) is 0 Å². The summed E-state index contributed by atoms with van der Waals surface area (Å²) in [4.78, 5) is 0. The number of benzene rings is 1. The van der Waals surface area contributed by atoms with Gasteiger partial charge in [-0.3, -0.25) is 0 Å². The molecular formula is C15H25NO3. The van der Waals surface area contributed by atoms with Gasteiger partial charge in [-0.15, -0.1) is 0 Å². The third-order valence-electron chi connectivity index (χ3n) is 3.17. The lowest BCUT2D eigenvalue weighted by molar-refractivity contribution is 0.228. The zero-order valence-electron chi connectivity index (χ0n) is 12.1. The molecule has 0 fully saturated rings. The van der Waals surface area contributed by atoms with E-state index in [4.69, 9.17) is 14.6 Å². The first-order chi connectivity index (χ1) is 9.21. The number of nitrogens with one attached hydrogen (secondary N) is 1. The highest BCUT2D eigenvalue weighted by Crippen LogP contribution is 2.23. The fraction of sp³-hybridized carbons (Fsp3) is 0.600. The number of aliphatic hydroxyl groups is 1. The predicted octanol–water partition coefficient (Wildman–Crippen LogP) is 2.20. The largest absolute Gasteiger partial charge is 0.497 e. The maximum Gasteiger partial charge on any atom is 0.123 e. The number of methoxy groups -OCH3 is 2. The van der Waals surface area contributed by atoms with Gasteiger partial charge in [-0.2, -0.15) is 0 Å². The Hall–Kier alpha value is -1.26. The third kappa shape index (κ3) is 5.49. The van der Waals surface area contributed by atoms with Crippen LogP contribution in [0.3, 0.4) is 0 Å². The minimum atomic E-state index is 0.268. The van der Waals surface area contributed by atoms with Gasteiger partial charge in [0, 0.05) is 18.7 Å². The maximum absolute atomic E-state index is 8.94. The van der Waals surface area contributed by atoms with Crippen molar-refractivity contribution in [1.82, 2.24) is 5.32 Å². The Balaban J connectivity index is 2.39. The van der Waals surface area contributed by atoms with Crippen molar-refractivity contribution in [3.8, 4) is 11.5 Å². The Morgan fingerprint density at radius 3 is 2.68 bits per heavy atom. The summed E-state index contributed by atoms with van der Waals surface area (Å²) in [5.74, 6) is 2.09. The van der Waals surface area contributed by atoms with Gasteiger partial charge in [0.2, 0.25) is 0 Å². The zero-order chi connectivity index (χ0) is 14.1. The van der Waals surface area contributed by atoms with Crippen molar-refractivity contribution in [3.05, 3.63) is 23.8 Å². The molecule has 19 heavy (non-hydrogen) atoms. The van der Waals surface area contributed by atoms with E-state index in [1.807, 2.05) is 18.2 Å². The van der Waals surface area contributed by atoms with Gasteiger partial charge in [0.1, 0.15) is 11.5 Å². The van der Waals surface area contributed by atoms with Crippen LogP contribution in [-0.2, 0) is 6.54 Å². The van der Waals surface area contributed by atoms with Crippen LogP contribution in [0.25, 0.3) is 0 Å². The molecular weight excluding hydrogens is 242 g/mol. The Morgan fingerprint density at radius 1 is 1.26 bits per heavy atom. The zero-order valence-corrected chi connectivity index (χ0v) is 12.1. The highest BCUT2D eigenvalue weighted by molar-refractivity contribution is 5.40. The fourth-order valence-corrected chi connectivity index (χ4v) is 1.91. The van der Waals surface area contributed by atoms with Crippen molar-refractivity contribution >= 4 is 0 Å². The molecule has 0 amide bonds. The van der Waals surface area contributed by atoms with Crippen molar-refractivity contribution in [2.45, 2.75) is 26.3 Å². The van der Waals surface area contributed by atoms with Crippen LogP contribution in [0.4, 0.5) is 0 Å². The summed E-state index contributed by atoms with van der Waals surface area (Å²) >= 11 is 0. The normalized spacial score (nSPS) is 12.2. The van der Waals surface area contributed by atoms with Crippen LogP contribution in [-0.4, -0.2) is 32.5 Å². The first kappa shape index (κ1) is 15.8. The molecule has 0 bridgehead atoms. The molecule has 0 saturated carbocycles. The molecule has 0 heterocycles. The number of hydrogen-bond acceptors (Lipinski definition) is 4. The van der Waals surface area contributed by atoms with Crippen LogP contribution < -0.4 is 14.8 Å². The van der Waals surface area contributed by atoms with Gasteiger partial charge in [0.05, 0.1) is 14.2 Å². The van der Waals surface area contributed by atoms with Gasteiger partial charge < -0.3 is 19.9 Å². The average Bonchev–Trinajstić information content (AvgIpc) is 2.46. The quantitative estimate of drug-likeness (QED) is 0.674. The molecule has 1 aromatic rings. The third-order valence-corrected chi connectivity index (χ3v) is 3.17. The van der Waals surface area contributed by atoms with Crippen LogP contribution in [0.1, 0.15) is 25.3 Å². The van der Waals surface area contributed by atoms with Gasteiger partial charge in [-0.05, 0) is 43.5 Å². The lowest BCUT2D eigenvalue weighted by Crippen LogP contribution is -2.16. The second kappa shape index (κ2) is 8.77. The molecule has 108 valence electrons. The number of ether oxygens (including phenoxy) is 2. The highest BCUT2D eigenvalue weighted by Gasteiger charge is 2.05. The molecule has 2 N–H and O–H groups in total. The van der Waals surface area contributed by atoms with Crippen LogP contribution >= 0.6 is 0 Å². The Labute approximate surface area is 115 Å². The van der Waals surface area contributed by atoms with Gasteiger partial charge in [-0.1, -0.05) is 6.92 Å². The van der Waals surface area contributed by atoms with E-state index in [1.54, 1.807) is 14.2 Å². The number of aliphatic hydroxyl groups excluding tert-OH is 1.